The molecule has 30 heavy (non-hydrogen) atoms. The Hall–Kier alpha value is -2.94. The van der Waals surface area contributed by atoms with Crippen LogP contribution in [-0.4, -0.2) is 58.5 Å². The minimum Gasteiger partial charge on any atom is -0.380 e. The molecule has 2 heterocycles. The molecule has 0 bridgehead atoms. The molecule has 1 atom stereocenters. The van der Waals surface area contributed by atoms with Gasteiger partial charge in [-0.2, -0.15) is 0 Å². The van der Waals surface area contributed by atoms with Crippen LogP contribution in [-0.2, 0) is 4.79 Å². The smallest absolute Gasteiger partial charge is 0.254 e. The molecule has 2 aliphatic heterocycles. The predicted molar refractivity (Wildman–Crippen MR) is 112 cm³/mol. The fourth-order valence-electron chi connectivity index (χ4n) is 4.07. The van der Waals surface area contributed by atoms with Crippen LogP contribution in [0.4, 0.5) is 5.69 Å². The average molecular weight is 407 g/mol. The third kappa shape index (κ3) is 3.32. The minimum atomic E-state index is -1.14. The van der Waals surface area contributed by atoms with Crippen LogP contribution in [0.25, 0.3) is 11.1 Å². The van der Waals surface area contributed by atoms with Crippen LogP contribution in [0.5, 0.6) is 0 Å². The summed E-state index contributed by atoms with van der Waals surface area (Å²) in [5.41, 5.74) is 15.6. The number of nitrogens with zero attached hydrogens (tertiary/aromatic N) is 2. The fourth-order valence-corrected chi connectivity index (χ4v) is 4.07. The number of benzene rings is 2. The van der Waals surface area contributed by atoms with E-state index in [2.05, 4.69) is 10.9 Å². The van der Waals surface area contributed by atoms with Crippen LogP contribution in [0.2, 0.25) is 0 Å². The van der Waals surface area contributed by atoms with Crippen molar-refractivity contribution in [2.45, 2.75) is 24.6 Å². The van der Waals surface area contributed by atoms with Crippen LogP contribution in [0.15, 0.2) is 42.5 Å². The molecule has 3 aliphatic rings. The van der Waals surface area contributed by atoms with Crippen molar-refractivity contribution in [1.82, 2.24) is 15.2 Å². The second-order valence-corrected chi connectivity index (χ2v) is 8.24. The van der Waals surface area contributed by atoms with E-state index in [0.29, 0.717) is 44.6 Å². The number of hydrogen-bond acceptors (Lipinski definition) is 6. The number of carbonyl (C=O) groups is 2. The predicted octanol–water partition coefficient (Wildman–Crippen LogP) is 1.05. The summed E-state index contributed by atoms with van der Waals surface area (Å²) in [6.45, 7) is 1.88. The van der Waals surface area contributed by atoms with Gasteiger partial charge < -0.3 is 26.1 Å². The Balaban J connectivity index is 1.24. The molecule has 5 N–H and O–H groups in total. The highest BCUT2D eigenvalue weighted by molar-refractivity contribution is 5.95. The molecule has 2 fully saturated rings. The average Bonchev–Trinajstić information content (AvgIpc) is 3.44. The molecule has 5 rings (SSSR count). The Morgan fingerprint density at radius 1 is 0.967 bits per heavy atom. The van der Waals surface area contributed by atoms with E-state index in [1.54, 1.807) is 9.80 Å². The number of fused-ring (bicyclic) bond motifs is 1. The lowest BCUT2D eigenvalue weighted by molar-refractivity contribution is -0.143. The van der Waals surface area contributed by atoms with Crippen molar-refractivity contribution in [2.24, 2.45) is 5.73 Å². The monoisotopic (exact) mass is 407 g/mol. The molecule has 0 spiro atoms. The molecule has 1 saturated carbocycles. The van der Waals surface area contributed by atoms with Crippen molar-refractivity contribution in [2.75, 3.05) is 31.6 Å². The highest BCUT2D eigenvalue weighted by atomic mass is 16.3. The van der Waals surface area contributed by atoms with Crippen molar-refractivity contribution in [3.8, 4) is 11.1 Å². The van der Waals surface area contributed by atoms with Crippen molar-refractivity contribution in [3.05, 3.63) is 53.6 Å². The van der Waals surface area contributed by atoms with E-state index in [9.17, 15) is 14.7 Å². The Labute approximate surface area is 174 Å². The molecule has 0 radical (unpaired) electrons. The van der Waals surface area contributed by atoms with Crippen LogP contribution in [0, 0.1) is 0 Å². The minimum absolute atomic E-state index is 0.0387. The Morgan fingerprint density at radius 2 is 1.60 bits per heavy atom. The van der Waals surface area contributed by atoms with Gasteiger partial charge in [0.2, 0.25) is 0 Å². The zero-order chi connectivity index (χ0) is 20.9. The molecular formula is C22H25N5O3. The number of carbonyl (C=O) groups excluding carboxylic acids is 2. The maximum absolute atomic E-state index is 12.9. The second-order valence-electron chi connectivity index (χ2n) is 8.24. The largest absolute Gasteiger partial charge is 0.380 e. The lowest BCUT2D eigenvalue weighted by atomic mass is 10.00. The summed E-state index contributed by atoms with van der Waals surface area (Å²) in [5.74, 6) is -0.235. The Kier molecular flexibility index (Phi) is 4.50. The number of anilines is 1. The van der Waals surface area contributed by atoms with Crippen LogP contribution < -0.4 is 16.6 Å². The summed E-state index contributed by atoms with van der Waals surface area (Å²) >= 11 is 0. The number of hydrazine groups is 1. The quantitative estimate of drug-likeness (QED) is 0.605. The first-order valence-corrected chi connectivity index (χ1v) is 10.3. The number of rotatable bonds is 3. The molecule has 2 aromatic rings. The van der Waals surface area contributed by atoms with Crippen LogP contribution in [0.3, 0.4) is 0 Å². The summed E-state index contributed by atoms with van der Waals surface area (Å²) in [7, 11) is 0. The third-order valence-electron chi connectivity index (χ3n) is 6.19. The maximum Gasteiger partial charge on any atom is 0.254 e. The van der Waals surface area contributed by atoms with E-state index in [0.717, 1.165) is 22.4 Å². The van der Waals surface area contributed by atoms with Crippen molar-refractivity contribution < 1.29 is 14.7 Å². The van der Waals surface area contributed by atoms with Gasteiger partial charge in [-0.05, 0) is 48.2 Å². The number of hydrogen-bond donors (Lipinski definition) is 4. The van der Waals surface area contributed by atoms with Gasteiger partial charge in [-0.1, -0.05) is 18.2 Å². The first-order chi connectivity index (χ1) is 14.4. The molecule has 1 saturated heterocycles. The molecule has 156 valence electrons. The molecule has 8 nitrogen and oxygen atoms in total. The Morgan fingerprint density at radius 3 is 2.27 bits per heavy atom. The standard InChI is InChI=1S/C22H25N5O3/c23-19-17-13-16(5-6-18(17)24-25-19)14-1-3-15(4-2-14)20(28)26-9-11-27(12-10-26)21(29)22(30)7-8-22/h1-6,13,19,24-25,30H,7-12,23H2. The van der Waals surface area contributed by atoms with E-state index in [4.69, 9.17) is 5.73 Å². The normalized spacial score (nSPS) is 21.7. The van der Waals surface area contributed by atoms with Gasteiger partial charge in [0.25, 0.3) is 11.8 Å². The number of amides is 2. The van der Waals surface area contributed by atoms with Gasteiger partial charge in [0.15, 0.2) is 0 Å². The lowest BCUT2D eigenvalue weighted by Gasteiger charge is -2.35. The van der Waals surface area contributed by atoms with E-state index in [-0.39, 0.29) is 18.0 Å². The number of nitrogens with two attached hydrogens (primary N) is 1. The molecular weight excluding hydrogens is 382 g/mol. The van der Waals surface area contributed by atoms with E-state index < -0.39 is 5.60 Å². The molecule has 0 aromatic heterocycles. The van der Waals surface area contributed by atoms with Crippen molar-refractivity contribution in [3.63, 3.8) is 0 Å². The zero-order valence-electron chi connectivity index (χ0n) is 16.6. The van der Waals surface area contributed by atoms with Gasteiger partial charge in [-0.3, -0.25) is 9.59 Å². The topological polar surface area (TPSA) is 111 Å². The van der Waals surface area contributed by atoms with Gasteiger partial charge in [-0.25, -0.2) is 5.43 Å². The van der Waals surface area contributed by atoms with Crippen LogP contribution in [0.1, 0.15) is 34.9 Å². The Bertz CT molecular complexity index is 994. The first kappa shape index (κ1) is 19.0. The van der Waals surface area contributed by atoms with Gasteiger partial charge in [0.05, 0.1) is 5.69 Å². The van der Waals surface area contributed by atoms with Gasteiger partial charge in [0, 0.05) is 37.3 Å². The zero-order valence-corrected chi connectivity index (χ0v) is 16.6. The SMILES string of the molecule is NC1NNc2ccc(-c3ccc(C(=O)N4CCN(C(=O)C5(O)CC5)CC4)cc3)cc21. The molecule has 1 unspecified atom stereocenters. The highest BCUT2D eigenvalue weighted by Gasteiger charge is 2.50. The number of piperazine rings is 1. The van der Waals surface area contributed by atoms with Crippen LogP contribution >= 0.6 is 0 Å². The summed E-state index contributed by atoms with van der Waals surface area (Å²) < 4.78 is 0. The summed E-state index contributed by atoms with van der Waals surface area (Å²) in [6.07, 6.45) is 0.841. The van der Waals surface area contributed by atoms with Gasteiger partial charge in [0.1, 0.15) is 11.8 Å². The van der Waals surface area contributed by atoms with E-state index >= 15 is 0 Å². The van der Waals surface area contributed by atoms with Crippen molar-refractivity contribution >= 4 is 17.5 Å². The molecule has 2 aromatic carbocycles. The van der Waals surface area contributed by atoms with E-state index in [1.807, 2.05) is 42.5 Å². The lowest BCUT2D eigenvalue weighted by Crippen LogP contribution is -2.53. The summed E-state index contributed by atoms with van der Waals surface area (Å²) in [6, 6.07) is 13.6. The molecule has 2 amide bonds. The fraction of sp³-hybridized carbons (Fsp3) is 0.364. The van der Waals surface area contributed by atoms with E-state index in [1.165, 1.54) is 0 Å². The number of aliphatic hydroxyl groups is 1. The summed E-state index contributed by atoms with van der Waals surface area (Å²) in [4.78, 5) is 28.6. The van der Waals surface area contributed by atoms with Crippen molar-refractivity contribution in [1.29, 1.82) is 0 Å². The second kappa shape index (κ2) is 7.09. The first-order valence-electron chi connectivity index (χ1n) is 10.3. The van der Waals surface area contributed by atoms with Gasteiger partial charge >= 0.3 is 0 Å². The summed E-state index contributed by atoms with van der Waals surface area (Å²) in [5, 5.41) is 10.0. The maximum atomic E-state index is 12.9. The number of nitrogens with one attached hydrogen (secondary N) is 2. The van der Waals surface area contributed by atoms with Gasteiger partial charge in [-0.15, -0.1) is 0 Å². The highest BCUT2D eigenvalue weighted by Crippen LogP contribution is 2.37. The molecule has 1 aliphatic carbocycles. The third-order valence-corrected chi connectivity index (χ3v) is 6.19. The molecule has 8 heteroatoms.